The summed E-state index contributed by atoms with van der Waals surface area (Å²) in [5.41, 5.74) is -1.56. The lowest BCUT2D eigenvalue weighted by atomic mass is 9.98. The SMILES string of the molecule is CCOCC(O)(COCC)C(C)[N+](=O)[O-]. The average molecular weight is 221 g/mol. The summed E-state index contributed by atoms with van der Waals surface area (Å²) < 4.78 is 10.1. The van der Waals surface area contributed by atoms with Crippen LogP contribution in [0.25, 0.3) is 0 Å². The number of nitro groups is 1. The van der Waals surface area contributed by atoms with Gasteiger partial charge < -0.3 is 14.6 Å². The van der Waals surface area contributed by atoms with Crippen molar-refractivity contribution in [2.45, 2.75) is 32.4 Å². The molecule has 0 saturated heterocycles. The Morgan fingerprint density at radius 1 is 1.33 bits per heavy atom. The molecule has 0 aromatic carbocycles. The van der Waals surface area contributed by atoms with Gasteiger partial charge in [-0.1, -0.05) is 0 Å². The predicted molar refractivity (Wildman–Crippen MR) is 54.4 cm³/mol. The van der Waals surface area contributed by atoms with Crippen LogP contribution in [0, 0.1) is 10.1 Å². The minimum absolute atomic E-state index is 0.0916. The van der Waals surface area contributed by atoms with Crippen molar-refractivity contribution in [3.8, 4) is 0 Å². The smallest absolute Gasteiger partial charge is 0.243 e. The van der Waals surface area contributed by atoms with Crippen LogP contribution in [0.3, 0.4) is 0 Å². The van der Waals surface area contributed by atoms with E-state index < -0.39 is 16.6 Å². The highest BCUT2D eigenvalue weighted by molar-refractivity contribution is 4.84. The molecule has 6 heteroatoms. The number of aliphatic hydroxyl groups is 1. The first-order valence-corrected chi connectivity index (χ1v) is 4.99. The van der Waals surface area contributed by atoms with Crippen molar-refractivity contribution in [2.24, 2.45) is 0 Å². The highest BCUT2D eigenvalue weighted by Crippen LogP contribution is 2.15. The molecule has 0 aliphatic heterocycles. The van der Waals surface area contributed by atoms with E-state index in [9.17, 15) is 15.2 Å². The number of hydrogen-bond acceptors (Lipinski definition) is 5. The third kappa shape index (κ3) is 4.55. The average Bonchev–Trinajstić information content (AvgIpc) is 2.22. The molecular formula is C9H19NO5. The normalized spacial score (nSPS) is 13.9. The fourth-order valence-electron chi connectivity index (χ4n) is 1.04. The lowest BCUT2D eigenvalue weighted by Crippen LogP contribution is -2.52. The molecule has 0 aliphatic carbocycles. The predicted octanol–water partition coefficient (Wildman–Crippen LogP) is 0.456. The van der Waals surface area contributed by atoms with E-state index in [0.717, 1.165) is 0 Å². The summed E-state index contributed by atoms with van der Waals surface area (Å²) in [5, 5.41) is 20.6. The Kier molecular flexibility index (Phi) is 6.38. The molecule has 90 valence electrons. The number of hydrogen-bond donors (Lipinski definition) is 1. The van der Waals surface area contributed by atoms with E-state index in [2.05, 4.69) is 0 Å². The fourth-order valence-corrected chi connectivity index (χ4v) is 1.04. The Morgan fingerprint density at radius 3 is 2.00 bits per heavy atom. The van der Waals surface area contributed by atoms with E-state index in [1.165, 1.54) is 6.92 Å². The van der Waals surface area contributed by atoms with Crippen LogP contribution in [-0.2, 0) is 9.47 Å². The molecule has 1 atom stereocenters. The lowest BCUT2D eigenvalue weighted by molar-refractivity contribution is -0.543. The Morgan fingerprint density at radius 2 is 1.73 bits per heavy atom. The van der Waals surface area contributed by atoms with Crippen molar-refractivity contribution in [3.05, 3.63) is 10.1 Å². The summed E-state index contributed by atoms with van der Waals surface area (Å²) in [7, 11) is 0. The highest BCUT2D eigenvalue weighted by Gasteiger charge is 2.42. The van der Waals surface area contributed by atoms with Crippen molar-refractivity contribution in [2.75, 3.05) is 26.4 Å². The minimum atomic E-state index is -1.56. The van der Waals surface area contributed by atoms with Crippen molar-refractivity contribution in [3.63, 3.8) is 0 Å². The summed E-state index contributed by atoms with van der Waals surface area (Å²) in [5.74, 6) is 0. The number of nitrogens with zero attached hydrogens (tertiary/aromatic N) is 1. The molecular weight excluding hydrogens is 202 g/mol. The molecule has 6 nitrogen and oxygen atoms in total. The summed E-state index contributed by atoms with van der Waals surface area (Å²) in [4.78, 5) is 10.1. The summed E-state index contributed by atoms with van der Waals surface area (Å²) >= 11 is 0. The van der Waals surface area contributed by atoms with Gasteiger partial charge in [0, 0.05) is 25.1 Å². The maximum atomic E-state index is 10.6. The minimum Gasteiger partial charge on any atom is -0.378 e. The molecule has 0 radical (unpaired) electrons. The first kappa shape index (κ1) is 14.3. The highest BCUT2D eigenvalue weighted by atomic mass is 16.6. The van der Waals surface area contributed by atoms with Gasteiger partial charge in [-0.05, 0) is 13.8 Å². The molecule has 0 bridgehead atoms. The zero-order valence-electron chi connectivity index (χ0n) is 9.43. The standard InChI is InChI=1S/C9H19NO5/c1-4-14-6-9(11,7-15-5-2)8(3)10(12)13/h8,11H,4-7H2,1-3H3. The summed E-state index contributed by atoms with van der Waals surface area (Å²) in [6.45, 7) is 5.49. The van der Waals surface area contributed by atoms with Crippen LogP contribution in [0.5, 0.6) is 0 Å². The molecule has 0 aromatic heterocycles. The van der Waals surface area contributed by atoms with Gasteiger partial charge in [-0.2, -0.15) is 0 Å². The third-order valence-corrected chi connectivity index (χ3v) is 2.21. The van der Waals surface area contributed by atoms with Gasteiger partial charge in [0.1, 0.15) is 0 Å². The third-order valence-electron chi connectivity index (χ3n) is 2.21. The molecule has 0 rings (SSSR count). The quantitative estimate of drug-likeness (QED) is 0.475. The molecule has 0 amide bonds. The van der Waals surface area contributed by atoms with Crippen molar-refractivity contribution in [1.82, 2.24) is 0 Å². The Bertz CT molecular complexity index is 189. The van der Waals surface area contributed by atoms with E-state index >= 15 is 0 Å². The second-order valence-corrected chi connectivity index (χ2v) is 3.34. The van der Waals surface area contributed by atoms with Gasteiger partial charge in [-0.3, -0.25) is 10.1 Å². The van der Waals surface area contributed by atoms with Gasteiger partial charge in [-0.25, -0.2) is 0 Å². The van der Waals surface area contributed by atoms with E-state index in [1.807, 2.05) is 0 Å². The second kappa shape index (κ2) is 6.71. The van der Waals surface area contributed by atoms with E-state index in [0.29, 0.717) is 13.2 Å². The maximum Gasteiger partial charge on any atom is 0.243 e. The number of ether oxygens (including phenoxy) is 2. The Labute approximate surface area is 89.3 Å². The largest absolute Gasteiger partial charge is 0.378 e. The van der Waals surface area contributed by atoms with Crippen LogP contribution in [0.4, 0.5) is 0 Å². The van der Waals surface area contributed by atoms with Gasteiger partial charge in [0.2, 0.25) is 6.04 Å². The summed E-state index contributed by atoms with van der Waals surface area (Å²) in [6.07, 6.45) is 0. The van der Waals surface area contributed by atoms with Gasteiger partial charge in [-0.15, -0.1) is 0 Å². The van der Waals surface area contributed by atoms with Gasteiger partial charge in [0.15, 0.2) is 5.60 Å². The Hall–Kier alpha value is -0.720. The van der Waals surface area contributed by atoms with Crippen LogP contribution in [0.1, 0.15) is 20.8 Å². The van der Waals surface area contributed by atoms with Gasteiger partial charge >= 0.3 is 0 Å². The molecule has 0 saturated carbocycles. The molecule has 0 fully saturated rings. The number of rotatable bonds is 8. The van der Waals surface area contributed by atoms with E-state index in [1.54, 1.807) is 13.8 Å². The molecule has 0 aromatic rings. The fraction of sp³-hybridized carbons (Fsp3) is 1.00. The van der Waals surface area contributed by atoms with Crippen LogP contribution < -0.4 is 0 Å². The molecule has 1 N–H and O–H groups in total. The first-order chi connectivity index (χ1) is 6.98. The van der Waals surface area contributed by atoms with Gasteiger partial charge in [0.05, 0.1) is 13.2 Å². The summed E-state index contributed by atoms with van der Waals surface area (Å²) in [6, 6.07) is -1.12. The van der Waals surface area contributed by atoms with Crippen molar-refractivity contribution < 1.29 is 19.5 Å². The van der Waals surface area contributed by atoms with E-state index in [-0.39, 0.29) is 13.2 Å². The topological polar surface area (TPSA) is 81.8 Å². The van der Waals surface area contributed by atoms with Crippen LogP contribution in [0.2, 0.25) is 0 Å². The molecule has 0 heterocycles. The molecule has 0 spiro atoms. The van der Waals surface area contributed by atoms with E-state index in [4.69, 9.17) is 9.47 Å². The van der Waals surface area contributed by atoms with Crippen LogP contribution >= 0.6 is 0 Å². The first-order valence-electron chi connectivity index (χ1n) is 4.99. The zero-order valence-corrected chi connectivity index (χ0v) is 9.43. The zero-order chi connectivity index (χ0) is 11.9. The van der Waals surface area contributed by atoms with Crippen molar-refractivity contribution >= 4 is 0 Å². The van der Waals surface area contributed by atoms with Gasteiger partial charge in [0.25, 0.3) is 0 Å². The molecule has 15 heavy (non-hydrogen) atoms. The molecule has 1 unspecified atom stereocenters. The van der Waals surface area contributed by atoms with Crippen LogP contribution in [0.15, 0.2) is 0 Å². The monoisotopic (exact) mass is 221 g/mol. The van der Waals surface area contributed by atoms with Crippen molar-refractivity contribution in [1.29, 1.82) is 0 Å². The Balaban J connectivity index is 4.44. The second-order valence-electron chi connectivity index (χ2n) is 3.34. The van der Waals surface area contributed by atoms with Crippen LogP contribution in [-0.4, -0.2) is 48.1 Å². The lowest BCUT2D eigenvalue weighted by Gasteiger charge is -2.27. The maximum absolute atomic E-state index is 10.6. The molecule has 0 aliphatic rings.